The maximum absolute atomic E-state index is 12.3. The van der Waals surface area contributed by atoms with Crippen molar-refractivity contribution in [1.82, 2.24) is 19.9 Å². The van der Waals surface area contributed by atoms with E-state index in [1.807, 2.05) is 18.2 Å². The van der Waals surface area contributed by atoms with E-state index in [4.69, 9.17) is 9.47 Å². The average Bonchev–Trinajstić information content (AvgIpc) is 2.61. The van der Waals surface area contributed by atoms with E-state index in [1.54, 1.807) is 29.6 Å². The highest BCUT2D eigenvalue weighted by atomic mass is 16.5. The molecule has 1 amide bonds. The summed E-state index contributed by atoms with van der Waals surface area (Å²) in [4.78, 5) is 26.3. The Bertz CT molecular complexity index is 704. The first-order valence-electron chi connectivity index (χ1n) is 8.02. The number of nitrogens with zero attached hydrogens (tertiary/aromatic N) is 4. The van der Waals surface area contributed by atoms with Crippen molar-refractivity contribution in [3.63, 3.8) is 0 Å². The lowest BCUT2D eigenvalue weighted by Gasteiger charge is -2.52. The lowest BCUT2D eigenvalue weighted by Crippen LogP contribution is -2.67. The highest BCUT2D eigenvalue weighted by Gasteiger charge is 2.50. The first-order valence-corrected chi connectivity index (χ1v) is 8.02. The number of rotatable bonds is 3. The molecule has 1 spiro atoms. The zero-order chi connectivity index (χ0) is 16.4. The molecule has 7 nitrogen and oxygen atoms in total. The van der Waals surface area contributed by atoms with Crippen LogP contribution >= 0.6 is 0 Å². The number of likely N-dealkylation sites (tertiary alicyclic amines) is 1. The summed E-state index contributed by atoms with van der Waals surface area (Å²) >= 11 is 0. The van der Waals surface area contributed by atoms with Crippen LogP contribution < -0.4 is 4.74 Å². The SMILES string of the molecule is O=C(c1ncccn1)N1CC2(C[C@@H](Oc3ccccn3)CCO2)C1. The van der Waals surface area contributed by atoms with Crippen LogP contribution in [0.3, 0.4) is 0 Å². The quantitative estimate of drug-likeness (QED) is 0.847. The minimum absolute atomic E-state index is 0.0545. The molecule has 0 radical (unpaired) electrons. The van der Waals surface area contributed by atoms with E-state index in [2.05, 4.69) is 15.0 Å². The van der Waals surface area contributed by atoms with Crippen molar-refractivity contribution in [3.05, 3.63) is 48.7 Å². The van der Waals surface area contributed by atoms with Crippen molar-refractivity contribution in [1.29, 1.82) is 0 Å². The standard InChI is InChI=1S/C17H18N4O3/c22-16(15-19-7-3-8-20-15)21-11-17(12-21)10-13(5-9-23-17)24-14-4-1-2-6-18-14/h1-4,6-8,13H,5,9-12H2/t13-/m0/s1. The van der Waals surface area contributed by atoms with Crippen LogP contribution in [0.2, 0.25) is 0 Å². The smallest absolute Gasteiger partial charge is 0.291 e. The van der Waals surface area contributed by atoms with E-state index in [-0.39, 0.29) is 23.4 Å². The summed E-state index contributed by atoms with van der Waals surface area (Å²) in [6.07, 6.45) is 6.50. The number of amides is 1. The third-order valence-electron chi connectivity index (χ3n) is 4.38. The van der Waals surface area contributed by atoms with Crippen molar-refractivity contribution >= 4 is 5.91 Å². The molecule has 4 heterocycles. The summed E-state index contributed by atoms with van der Waals surface area (Å²) in [6, 6.07) is 7.31. The van der Waals surface area contributed by atoms with Gasteiger partial charge < -0.3 is 14.4 Å². The van der Waals surface area contributed by atoms with Crippen molar-refractivity contribution in [2.75, 3.05) is 19.7 Å². The maximum atomic E-state index is 12.3. The number of carbonyl (C=O) groups excluding carboxylic acids is 1. The second kappa shape index (κ2) is 6.16. The molecule has 124 valence electrons. The number of pyridine rings is 1. The molecule has 0 N–H and O–H groups in total. The lowest BCUT2D eigenvalue weighted by molar-refractivity contribution is -0.174. The third kappa shape index (κ3) is 2.94. The fourth-order valence-electron chi connectivity index (χ4n) is 3.24. The Kier molecular flexibility index (Phi) is 3.86. The Morgan fingerprint density at radius 3 is 2.71 bits per heavy atom. The van der Waals surface area contributed by atoms with Crippen LogP contribution in [0.15, 0.2) is 42.9 Å². The average molecular weight is 326 g/mol. The van der Waals surface area contributed by atoms with Crippen molar-refractivity contribution < 1.29 is 14.3 Å². The summed E-state index contributed by atoms with van der Waals surface area (Å²) in [5.74, 6) is 0.700. The third-order valence-corrected chi connectivity index (χ3v) is 4.38. The zero-order valence-corrected chi connectivity index (χ0v) is 13.2. The predicted octanol–water partition coefficient (Wildman–Crippen LogP) is 1.32. The molecule has 2 aromatic heterocycles. The van der Waals surface area contributed by atoms with Crippen LogP contribution in [-0.4, -0.2) is 57.2 Å². The summed E-state index contributed by atoms with van der Waals surface area (Å²) in [6.45, 7) is 1.72. The van der Waals surface area contributed by atoms with Gasteiger partial charge in [-0.1, -0.05) is 6.07 Å². The second-order valence-electron chi connectivity index (χ2n) is 6.17. The topological polar surface area (TPSA) is 77.4 Å². The highest BCUT2D eigenvalue weighted by Crippen LogP contribution is 2.36. The molecule has 0 unspecified atom stereocenters. The van der Waals surface area contributed by atoms with Crippen LogP contribution in [0.25, 0.3) is 0 Å². The zero-order valence-electron chi connectivity index (χ0n) is 13.2. The van der Waals surface area contributed by atoms with Gasteiger partial charge in [-0.15, -0.1) is 0 Å². The van der Waals surface area contributed by atoms with Gasteiger partial charge in [-0.25, -0.2) is 15.0 Å². The highest BCUT2D eigenvalue weighted by molar-refractivity contribution is 5.91. The monoisotopic (exact) mass is 326 g/mol. The molecule has 2 fully saturated rings. The van der Waals surface area contributed by atoms with Gasteiger partial charge in [-0.3, -0.25) is 4.79 Å². The number of hydrogen-bond acceptors (Lipinski definition) is 6. The fourth-order valence-corrected chi connectivity index (χ4v) is 3.24. The largest absolute Gasteiger partial charge is 0.474 e. The van der Waals surface area contributed by atoms with Crippen LogP contribution in [0.4, 0.5) is 0 Å². The van der Waals surface area contributed by atoms with Gasteiger partial charge in [0.05, 0.1) is 19.7 Å². The summed E-state index contributed by atoms with van der Waals surface area (Å²) < 4.78 is 11.9. The predicted molar refractivity (Wildman–Crippen MR) is 84.5 cm³/mol. The molecule has 0 aromatic carbocycles. The van der Waals surface area contributed by atoms with Gasteiger partial charge in [0.2, 0.25) is 11.7 Å². The van der Waals surface area contributed by atoms with Gasteiger partial charge in [0.1, 0.15) is 11.7 Å². The van der Waals surface area contributed by atoms with Crippen molar-refractivity contribution in [2.24, 2.45) is 0 Å². The Morgan fingerprint density at radius 1 is 1.17 bits per heavy atom. The first-order chi connectivity index (χ1) is 11.7. The Morgan fingerprint density at radius 2 is 1.96 bits per heavy atom. The van der Waals surface area contributed by atoms with Crippen molar-refractivity contribution in [2.45, 2.75) is 24.5 Å². The van der Waals surface area contributed by atoms with Crippen LogP contribution in [0.1, 0.15) is 23.5 Å². The van der Waals surface area contributed by atoms with E-state index < -0.39 is 0 Å². The molecule has 7 heteroatoms. The number of hydrogen-bond donors (Lipinski definition) is 0. The Hall–Kier alpha value is -2.54. The number of aromatic nitrogens is 3. The van der Waals surface area contributed by atoms with Gasteiger partial charge in [0, 0.05) is 37.5 Å². The lowest BCUT2D eigenvalue weighted by atomic mass is 9.84. The van der Waals surface area contributed by atoms with E-state index in [1.165, 1.54) is 0 Å². The van der Waals surface area contributed by atoms with Crippen LogP contribution in [0, 0.1) is 0 Å². The molecule has 2 aliphatic rings. The van der Waals surface area contributed by atoms with Crippen LogP contribution in [-0.2, 0) is 4.74 Å². The molecular formula is C17H18N4O3. The molecule has 2 saturated heterocycles. The maximum Gasteiger partial charge on any atom is 0.291 e. The first kappa shape index (κ1) is 15.0. The summed E-state index contributed by atoms with van der Waals surface area (Å²) in [5.41, 5.74) is -0.317. The molecule has 4 rings (SSSR count). The number of carbonyl (C=O) groups is 1. The van der Waals surface area contributed by atoms with Gasteiger partial charge in [0.15, 0.2) is 0 Å². The molecule has 0 aliphatic carbocycles. The molecule has 0 saturated carbocycles. The molecular weight excluding hydrogens is 308 g/mol. The van der Waals surface area contributed by atoms with Crippen LogP contribution in [0.5, 0.6) is 5.88 Å². The molecule has 0 bridgehead atoms. The van der Waals surface area contributed by atoms with E-state index >= 15 is 0 Å². The molecule has 2 aromatic rings. The Balaban J connectivity index is 1.36. The minimum atomic E-state index is -0.317. The molecule has 1 atom stereocenters. The van der Waals surface area contributed by atoms with Gasteiger partial charge >= 0.3 is 0 Å². The number of ether oxygens (including phenoxy) is 2. The minimum Gasteiger partial charge on any atom is -0.474 e. The molecule has 24 heavy (non-hydrogen) atoms. The van der Waals surface area contributed by atoms with E-state index in [0.717, 1.165) is 12.8 Å². The van der Waals surface area contributed by atoms with Gasteiger partial charge in [-0.2, -0.15) is 0 Å². The van der Waals surface area contributed by atoms with E-state index in [9.17, 15) is 4.79 Å². The van der Waals surface area contributed by atoms with Crippen molar-refractivity contribution in [3.8, 4) is 5.88 Å². The van der Waals surface area contributed by atoms with Gasteiger partial charge in [-0.05, 0) is 12.1 Å². The Labute approximate surface area is 139 Å². The molecule has 2 aliphatic heterocycles. The fraction of sp³-hybridized carbons (Fsp3) is 0.412. The van der Waals surface area contributed by atoms with E-state index in [0.29, 0.717) is 25.6 Å². The normalized spacial score (nSPS) is 22.0. The second-order valence-corrected chi connectivity index (χ2v) is 6.17. The summed E-state index contributed by atoms with van der Waals surface area (Å²) in [5, 5.41) is 0. The summed E-state index contributed by atoms with van der Waals surface area (Å²) in [7, 11) is 0. The van der Waals surface area contributed by atoms with Gasteiger partial charge in [0.25, 0.3) is 5.91 Å².